The SMILES string of the molecule is C=C/C(=C\C=C(/C)S(=O)(=O)Nc1ccc(C(=O)NCCOCCOCC(=O)NCCOCCOCC(=O)O)cn1)CCCCCCCCCCCCCC(=O)O. The minimum absolute atomic E-state index is 0.0726. The number of carboxylic acid groups (broad SMARTS) is 2. The molecule has 0 aliphatic heterocycles. The van der Waals surface area contributed by atoms with Gasteiger partial charge in [0.2, 0.25) is 5.91 Å². The van der Waals surface area contributed by atoms with Crippen LogP contribution in [0.15, 0.2) is 53.6 Å². The number of pyridine rings is 1. The topological polar surface area (TPSA) is 229 Å². The van der Waals surface area contributed by atoms with Crippen molar-refractivity contribution in [1.29, 1.82) is 0 Å². The van der Waals surface area contributed by atoms with Gasteiger partial charge >= 0.3 is 11.9 Å². The third-order valence-electron chi connectivity index (χ3n) is 8.14. The number of aliphatic carboxylic acids is 2. The molecule has 0 bridgehead atoms. The number of sulfonamides is 1. The van der Waals surface area contributed by atoms with Gasteiger partial charge in [-0.1, -0.05) is 76.5 Å². The molecule has 0 spiro atoms. The van der Waals surface area contributed by atoms with Crippen LogP contribution < -0.4 is 15.4 Å². The summed E-state index contributed by atoms with van der Waals surface area (Å²) in [7, 11) is -3.87. The zero-order valence-electron chi connectivity index (χ0n) is 32.8. The van der Waals surface area contributed by atoms with Crippen LogP contribution in [0.5, 0.6) is 0 Å². The molecule has 0 aliphatic rings. The number of nitrogens with one attached hydrogen (secondary N) is 3. The molecule has 0 aromatic carbocycles. The Labute approximate surface area is 331 Å². The van der Waals surface area contributed by atoms with Crippen molar-refractivity contribution in [2.75, 3.05) is 70.7 Å². The van der Waals surface area contributed by atoms with Crippen LogP contribution >= 0.6 is 0 Å². The molecule has 2 amide bonds. The molecule has 1 aromatic rings. The minimum Gasteiger partial charge on any atom is -0.481 e. The Bertz CT molecular complexity index is 1470. The average molecular weight is 811 g/mol. The predicted molar refractivity (Wildman–Crippen MR) is 213 cm³/mol. The maximum absolute atomic E-state index is 12.9. The van der Waals surface area contributed by atoms with Crippen LogP contribution in [-0.2, 0) is 43.4 Å². The molecule has 0 saturated heterocycles. The average Bonchev–Trinajstić information content (AvgIpc) is 3.16. The van der Waals surface area contributed by atoms with E-state index in [1.165, 1.54) is 50.9 Å². The number of aromatic nitrogens is 1. The molecule has 5 N–H and O–H groups in total. The van der Waals surface area contributed by atoms with Crippen LogP contribution in [0, 0.1) is 0 Å². The molecule has 0 unspecified atom stereocenters. The van der Waals surface area contributed by atoms with E-state index in [0.29, 0.717) is 0 Å². The lowest BCUT2D eigenvalue weighted by atomic mass is 10.0. The number of hydrogen-bond acceptors (Lipinski definition) is 11. The molecule has 0 fully saturated rings. The van der Waals surface area contributed by atoms with Gasteiger partial charge in [0.25, 0.3) is 15.9 Å². The fourth-order valence-electron chi connectivity index (χ4n) is 4.99. The molecular formula is C39H62N4O12S. The van der Waals surface area contributed by atoms with Gasteiger partial charge in [-0.15, -0.1) is 0 Å². The normalized spacial score (nSPS) is 11.9. The fourth-order valence-corrected chi connectivity index (χ4v) is 5.79. The van der Waals surface area contributed by atoms with E-state index < -0.39 is 27.9 Å². The Morgan fingerprint density at radius 1 is 0.696 bits per heavy atom. The summed E-state index contributed by atoms with van der Waals surface area (Å²) in [6, 6.07) is 2.87. The number of carbonyl (C=O) groups excluding carboxylic acids is 2. The maximum Gasteiger partial charge on any atom is 0.329 e. The minimum atomic E-state index is -3.87. The first-order valence-corrected chi connectivity index (χ1v) is 20.7. The van der Waals surface area contributed by atoms with E-state index in [4.69, 9.17) is 29.2 Å². The van der Waals surface area contributed by atoms with E-state index in [1.54, 1.807) is 18.2 Å². The number of rotatable bonds is 36. The zero-order valence-corrected chi connectivity index (χ0v) is 33.6. The first kappa shape index (κ1) is 49.9. The highest BCUT2D eigenvalue weighted by Gasteiger charge is 2.14. The maximum atomic E-state index is 12.9. The Hall–Kier alpha value is -4.16. The van der Waals surface area contributed by atoms with E-state index in [2.05, 4.69) is 26.9 Å². The van der Waals surface area contributed by atoms with Crippen LogP contribution in [0.25, 0.3) is 0 Å². The standard InChI is InChI=1S/C39H62N4O12S/c1-3-33(15-13-11-9-7-5-4-6-8-10-12-14-16-37(45)46)18-17-32(2)56(50,51)43-35-20-19-34(29-42-35)39(49)41-22-24-53-25-27-54-30-36(44)40-21-23-52-26-28-55-31-38(47)48/h3,17-20,29H,1,4-16,21-28,30-31H2,2H3,(H,40,44)(H,41,49)(H,42,43)(H,45,46)(H,47,48)/b32-17+,33-18+. The Balaban J connectivity index is 2.22. The number of unbranched alkanes of at least 4 members (excludes halogenated alkanes) is 10. The number of carboxylic acids is 2. The first-order valence-electron chi connectivity index (χ1n) is 19.2. The summed E-state index contributed by atoms with van der Waals surface area (Å²) < 4.78 is 48.9. The molecule has 316 valence electrons. The van der Waals surface area contributed by atoms with Crippen LogP contribution in [0.2, 0.25) is 0 Å². The highest BCUT2D eigenvalue weighted by molar-refractivity contribution is 7.96. The molecule has 17 heteroatoms. The van der Waals surface area contributed by atoms with Gasteiger partial charge in [-0.05, 0) is 50.0 Å². The van der Waals surface area contributed by atoms with Crippen molar-refractivity contribution in [2.45, 2.75) is 90.4 Å². The summed E-state index contributed by atoms with van der Waals surface area (Å²) in [6.45, 7) is 6.48. The van der Waals surface area contributed by atoms with Crippen molar-refractivity contribution in [1.82, 2.24) is 15.6 Å². The van der Waals surface area contributed by atoms with Crippen molar-refractivity contribution in [3.05, 3.63) is 59.2 Å². The van der Waals surface area contributed by atoms with Gasteiger partial charge in [-0.2, -0.15) is 0 Å². The number of allylic oxidation sites excluding steroid dienone is 5. The fraction of sp³-hybridized carbons (Fsp3) is 0.615. The monoisotopic (exact) mass is 810 g/mol. The molecule has 16 nitrogen and oxygen atoms in total. The van der Waals surface area contributed by atoms with Crippen molar-refractivity contribution in [2.24, 2.45) is 0 Å². The van der Waals surface area contributed by atoms with E-state index in [-0.39, 0.29) is 94.6 Å². The lowest BCUT2D eigenvalue weighted by Gasteiger charge is -2.09. The zero-order chi connectivity index (χ0) is 41.3. The number of nitrogens with zero attached hydrogens (tertiary/aromatic N) is 1. The van der Waals surface area contributed by atoms with E-state index in [1.807, 2.05) is 0 Å². The van der Waals surface area contributed by atoms with Crippen molar-refractivity contribution in [3.8, 4) is 0 Å². The number of carbonyl (C=O) groups is 4. The molecule has 0 saturated carbocycles. The number of hydrogen-bond donors (Lipinski definition) is 5. The summed E-state index contributed by atoms with van der Waals surface area (Å²) in [5, 5.41) is 22.4. The van der Waals surface area contributed by atoms with Gasteiger partial charge in [0.1, 0.15) is 19.0 Å². The molecule has 0 radical (unpaired) electrons. The summed E-state index contributed by atoms with van der Waals surface area (Å²) in [4.78, 5) is 49.3. The lowest BCUT2D eigenvalue weighted by molar-refractivity contribution is -0.143. The third kappa shape index (κ3) is 27.4. The second-order valence-corrected chi connectivity index (χ2v) is 14.7. The van der Waals surface area contributed by atoms with E-state index >= 15 is 0 Å². The van der Waals surface area contributed by atoms with Crippen LogP contribution in [-0.4, -0.2) is 113 Å². The van der Waals surface area contributed by atoms with E-state index in [0.717, 1.165) is 56.9 Å². The molecule has 0 atom stereocenters. The Morgan fingerprint density at radius 3 is 1.77 bits per heavy atom. The molecule has 0 aliphatic carbocycles. The van der Waals surface area contributed by atoms with E-state index in [9.17, 15) is 27.6 Å². The first-order chi connectivity index (χ1) is 26.9. The Kier molecular flexibility index (Phi) is 28.5. The van der Waals surface area contributed by atoms with Crippen molar-refractivity contribution >= 4 is 39.6 Å². The smallest absolute Gasteiger partial charge is 0.329 e. The van der Waals surface area contributed by atoms with Gasteiger partial charge in [-0.25, -0.2) is 18.2 Å². The van der Waals surface area contributed by atoms with Crippen LogP contribution in [0.3, 0.4) is 0 Å². The second-order valence-electron chi connectivity index (χ2n) is 12.9. The van der Waals surface area contributed by atoms with Gasteiger partial charge in [0, 0.05) is 25.7 Å². The Morgan fingerprint density at radius 2 is 1.23 bits per heavy atom. The van der Waals surface area contributed by atoms with Gasteiger partial charge in [0.05, 0.1) is 50.1 Å². The van der Waals surface area contributed by atoms with Gasteiger partial charge in [-0.3, -0.25) is 19.1 Å². The molecule has 1 rings (SSSR count). The molecule has 1 aromatic heterocycles. The lowest BCUT2D eigenvalue weighted by Crippen LogP contribution is -2.31. The highest BCUT2D eigenvalue weighted by atomic mass is 32.2. The number of anilines is 1. The summed E-state index contributed by atoms with van der Waals surface area (Å²) in [6.07, 6.45) is 19.4. The highest BCUT2D eigenvalue weighted by Crippen LogP contribution is 2.17. The number of ether oxygens (including phenoxy) is 4. The predicted octanol–water partition coefficient (Wildman–Crippen LogP) is 4.99. The summed E-state index contributed by atoms with van der Waals surface area (Å²) in [5.74, 6) is -2.43. The molecule has 1 heterocycles. The summed E-state index contributed by atoms with van der Waals surface area (Å²) in [5.41, 5.74) is 1.20. The second kappa shape index (κ2) is 32.0. The number of amides is 2. The molecule has 56 heavy (non-hydrogen) atoms. The van der Waals surface area contributed by atoms with Crippen molar-refractivity contribution in [3.63, 3.8) is 0 Å². The third-order valence-corrected chi connectivity index (χ3v) is 9.60. The summed E-state index contributed by atoms with van der Waals surface area (Å²) >= 11 is 0. The largest absolute Gasteiger partial charge is 0.481 e. The quantitative estimate of drug-likeness (QED) is 0.0445. The van der Waals surface area contributed by atoms with Crippen LogP contribution in [0.1, 0.15) is 101 Å². The van der Waals surface area contributed by atoms with Crippen molar-refractivity contribution < 1.29 is 56.8 Å². The van der Waals surface area contributed by atoms with Gasteiger partial charge in [0.15, 0.2) is 0 Å². The molecular weight excluding hydrogens is 749 g/mol. The van der Waals surface area contributed by atoms with Gasteiger partial charge < -0.3 is 39.8 Å². The van der Waals surface area contributed by atoms with Crippen LogP contribution in [0.4, 0.5) is 5.82 Å².